The largest absolute Gasteiger partial charge is 0.326 e. The Morgan fingerprint density at radius 1 is 1.05 bits per heavy atom. The van der Waals surface area contributed by atoms with Gasteiger partial charge in [0, 0.05) is 17.3 Å². The van der Waals surface area contributed by atoms with Gasteiger partial charge in [-0.1, -0.05) is 20.8 Å². The predicted molar refractivity (Wildman–Crippen MR) is 76.8 cm³/mol. The molecule has 1 aromatic rings. The van der Waals surface area contributed by atoms with Gasteiger partial charge in [0.05, 0.1) is 6.04 Å². The molecular formula is C14H21N3O2. The molecule has 1 atom stereocenters. The summed E-state index contributed by atoms with van der Waals surface area (Å²) in [6.45, 7) is 5.51. The van der Waals surface area contributed by atoms with E-state index < -0.39 is 6.04 Å². The zero-order valence-electron chi connectivity index (χ0n) is 11.6. The quantitative estimate of drug-likeness (QED) is 0.759. The van der Waals surface area contributed by atoms with Gasteiger partial charge < -0.3 is 16.4 Å². The van der Waals surface area contributed by atoms with E-state index in [2.05, 4.69) is 10.6 Å². The first-order chi connectivity index (χ1) is 8.93. The van der Waals surface area contributed by atoms with E-state index in [0.29, 0.717) is 17.8 Å². The van der Waals surface area contributed by atoms with Crippen LogP contribution >= 0.6 is 0 Å². The van der Waals surface area contributed by atoms with E-state index in [0.717, 1.165) is 0 Å². The van der Waals surface area contributed by atoms with Crippen molar-refractivity contribution in [2.24, 2.45) is 11.7 Å². The van der Waals surface area contributed by atoms with Gasteiger partial charge >= 0.3 is 0 Å². The average Bonchev–Trinajstić information content (AvgIpc) is 2.39. The molecule has 0 aliphatic heterocycles. The lowest BCUT2D eigenvalue weighted by Gasteiger charge is -2.11. The van der Waals surface area contributed by atoms with Crippen molar-refractivity contribution in [2.45, 2.75) is 33.2 Å². The molecule has 5 nitrogen and oxygen atoms in total. The van der Waals surface area contributed by atoms with Gasteiger partial charge in [0.25, 0.3) is 0 Å². The first kappa shape index (κ1) is 15.2. The van der Waals surface area contributed by atoms with Crippen LogP contribution in [0.25, 0.3) is 0 Å². The molecule has 19 heavy (non-hydrogen) atoms. The number of hydrogen-bond donors (Lipinski definition) is 3. The minimum atomic E-state index is -0.500. The minimum Gasteiger partial charge on any atom is -0.326 e. The number of rotatable bonds is 5. The van der Waals surface area contributed by atoms with Crippen LogP contribution in [-0.2, 0) is 9.59 Å². The number of carbonyl (C=O) groups excluding carboxylic acids is 2. The van der Waals surface area contributed by atoms with Crippen molar-refractivity contribution in [1.29, 1.82) is 0 Å². The summed E-state index contributed by atoms with van der Waals surface area (Å²) in [4.78, 5) is 23.1. The zero-order valence-corrected chi connectivity index (χ0v) is 11.6. The number of nitrogens with one attached hydrogen (secondary N) is 2. The fraction of sp³-hybridized carbons (Fsp3) is 0.429. The molecule has 0 fully saturated rings. The second kappa shape index (κ2) is 6.89. The van der Waals surface area contributed by atoms with Crippen LogP contribution in [-0.4, -0.2) is 17.9 Å². The van der Waals surface area contributed by atoms with E-state index in [9.17, 15) is 9.59 Å². The van der Waals surface area contributed by atoms with Gasteiger partial charge in [-0.05, 0) is 30.7 Å². The molecule has 0 aliphatic rings. The lowest BCUT2D eigenvalue weighted by Crippen LogP contribution is -2.34. The Balaban J connectivity index is 2.62. The Labute approximate surface area is 113 Å². The van der Waals surface area contributed by atoms with E-state index in [4.69, 9.17) is 5.73 Å². The molecule has 2 amide bonds. The van der Waals surface area contributed by atoms with Crippen LogP contribution < -0.4 is 16.4 Å². The fourth-order valence-electron chi connectivity index (χ4n) is 1.34. The van der Waals surface area contributed by atoms with Crippen molar-refractivity contribution >= 4 is 23.2 Å². The third-order valence-electron chi connectivity index (χ3n) is 2.72. The highest BCUT2D eigenvalue weighted by Crippen LogP contribution is 2.14. The Morgan fingerprint density at radius 3 is 1.84 bits per heavy atom. The summed E-state index contributed by atoms with van der Waals surface area (Å²) in [6.07, 6.45) is 0.592. The van der Waals surface area contributed by atoms with Crippen LogP contribution in [0.1, 0.15) is 27.2 Å². The number of amides is 2. The van der Waals surface area contributed by atoms with E-state index >= 15 is 0 Å². The molecule has 0 aromatic heterocycles. The fourth-order valence-corrected chi connectivity index (χ4v) is 1.34. The van der Waals surface area contributed by atoms with Gasteiger partial charge in [0.15, 0.2) is 0 Å². The highest BCUT2D eigenvalue weighted by Gasteiger charge is 2.11. The highest BCUT2D eigenvalue weighted by atomic mass is 16.2. The van der Waals surface area contributed by atoms with E-state index in [1.54, 1.807) is 24.3 Å². The van der Waals surface area contributed by atoms with Crippen molar-refractivity contribution in [3.8, 4) is 0 Å². The Kier molecular flexibility index (Phi) is 5.51. The Morgan fingerprint density at radius 2 is 1.47 bits per heavy atom. The SMILES string of the molecule is CCC(N)C(=O)Nc1ccc(NC(=O)C(C)C)cc1. The molecule has 0 aliphatic carbocycles. The molecule has 5 heteroatoms. The standard InChI is InChI=1S/C14H21N3O2/c1-4-12(15)14(19)17-11-7-5-10(6-8-11)16-13(18)9(2)3/h5-9,12H,4,15H2,1-3H3,(H,16,18)(H,17,19). The third-order valence-corrected chi connectivity index (χ3v) is 2.72. The van der Waals surface area contributed by atoms with Crippen molar-refractivity contribution < 1.29 is 9.59 Å². The molecule has 1 aromatic carbocycles. The molecule has 4 N–H and O–H groups in total. The second-order valence-electron chi connectivity index (χ2n) is 4.73. The van der Waals surface area contributed by atoms with Gasteiger partial charge in [-0.25, -0.2) is 0 Å². The first-order valence-electron chi connectivity index (χ1n) is 6.41. The molecule has 1 unspecified atom stereocenters. The summed E-state index contributed by atoms with van der Waals surface area (Å²) in [5.74, 6) is -0.312. The van der Waals surface area contributed by atoms with Crippen LogP contribution in [0, 0.1) is 5.92 Å². The van der Waals surface area contributed by atoms with Gasteiger partial charge in [0.1, 0.15) is 0 Å². The lowest BCUT2D eigenvalue weighted by molar-refractivity contribution is -0.119. The van der Waals surface area contributed by atoms with Crippen LogP contribution in [0.2, 0.25) is 0 Å². The molecule has 1 rings (SSSR count). The number of benzene rings is 1. The van der Waals surface area contributed by atoms with Crippen molar-refractivity contribution in [3.63, 3.8) is 0 Å². The second-order valence-corrected chi connectivity index (χ2v) is 4.73. The highest BCUT2D eigenvalue weighted by molar-refractivity contribution is 5.95. The molecule has 0 radical (unpaired) electrons. The maximum atomic E-state index is 11.6. The van der Waals surface area contributed by atoms with Gasteiger partial charge in [0.2, 0.25) is 11.8 Å². The Bertz CT molecular complexity index is 441. The molecule has 0 saturated carbocycles. The minimum absolute atomic E-state index is 0.0372. The zero-order chi connectivity index (χ0) is 14.4. The van der Waals surface area contributed by atoms with Gasteiger partial charge in [-0.2, -0.15) is 0 Å². The summed E-state index contributed by atoms with van der Waals surface area (Å²) in [6, 6.07) is 6.45. The number of hydrogen-bond acceptors (Lipinski definition) is 3. The summed E-state index contributed by atoms with van der Waals surface area (Å²) in [5.41, 5.74) is 6.99. The number of nitrogens with two attached hydrogens (primary N) is 1. The summed E-state index contributed by atoms with van der Waals surface area (Å²) in [7, 11) is 0. The molecule has 0 heterocycles. The lowest BCUT2D eigenvalue weighted by atomic mass is 10.2. The topological polar surface area (TPSA) is 84.2 Å². The smallest absolute Gasteiger partial charge is 0.241 e. The van der Waals surface area contributed by atoms with Crippen LogP contribution in [0.4, 0.5) is 11.4 Å². The van der Waals surface area contributed by atoms with E-state index in [1.807, 2.05) is 20.8 Å². The van der Waals surface area contributed by atoms with Crippen LogP contribution in [0.5, 0.6) is 0 Å². The van der Waals surface area contributed by atoms with Crippen molar-refractivity contribution in [3.05, 3.63) is 24.3 Å². The summed E-state index contributed by atoms with van der Waals surface area (Å²) in [5, 5.41) is 5.50. The van der Waals surface area contributed by atoms with Crippen molar-refractivity contribution in [2.75, 3.05) is 10.6 Å². The summed E-state index contributed by atoms with van der Waals surface area (Å²) < 4.78 is 0. The maximum Gasteiger partial charge on any atom is 0.241 e. The third kappa shape index (κ3) is 4.71. The average molecular weight is 263 g/mol. The van der Waals surface area contributed by atoms with E-state index in [-0.39, 0.29) is 17.7 Å². The van der Waals surface area contributed by atoms with Gasteiger partial charge in [-0.15, -0.1) is 0 Å². The predicted octanol–water partition coefficient (Wildman–Crippen LogP) is 1.96. The van der Waals surface area contributed by atoms with Gasteiger partial charge in [-0.3, -0.25) is 9.59 Å². The summed E-state index contributed by atoms with van der Waals surface area (Å²) >= 11 is 0. The normalized spacial score (nSPS) is 12.1. The monoisotopic (exact) mass is 263 g/mol. The Hall–Kier alpha value is -1.88. The molecule has 0 bridgehead atoms. The molecule has 0 saturated heterocycles. The maximum absolute atomic E-state index is 11.6. The molecule has 104 valence electrons. The molecule has 0 spiro atoms. The van der Waals surface area contributed by atoms with Crippen LogP contribution in [0.15, 0.2) is 24.3 Å². The first-order valence-corrected chi connectivity index (χ1v) is 6.41. The van der Waals surface area contributed by atoms with Crippen LogP contribution in [0.3, 0.4) is 0 Å². The number of carbonyl (C=O) groups is 2. The number of anilines is 2. The van der Waals surface area contributed by atoms with Crippen molar-refractivity contribution in [1.82, 2.24) is 0 Å². The van der Waals surface area contributed by atoms with E-state index in [1.165, 1.54) is 0 Å². The molecular weight excluding hydrogens is 242 g/mol.